The van der Waals surface area contributed by atoms with Crippen LogP contribution < -0.4 is 5.32 Å². The molecule has 2 N–H and O–H groups in total. The number of hydrogen-bond donors (Lipinski definition) is 2. The molecule has 0 radical (unpaired) electrons. The third kappa shape index (κ3) is 3.03. The molecule has 2 aromatic rings. The first-order valence-corrected chi connectivity index (χ1v) is 6.29. The van der Waals surface area contributed by atoms with Crippen LogP contribution in [0.5, 0.6) is 0 Å². The van der Waals surface area contributed by atoms with Gasteiger partial charge in [-0.25, -0.2) is 4.39 Å². The van der Waals surface area contributed by atoms with Gasteiger partial charge in [0.25, 0.3) is 5.91 Å². The van der Waals surface area contributed by atoms with Gasteiger partial charge in [-0.3, -0.25) is 4.79 Å². The Balaban J connectivity index is 2.18. The summed E-state index contributed by atoms with van der Waals surface area (Å²) in [5, 5.41) is 12.7. The molecule has 4 heteroatoms. The van der Waals surface area contributed by atoms with E-state index in [1.165, 1.54) is 24.3 Å². The highest BCUT2D eigenvalue weighted by atomic mass is 19.1. The highest BCUT2D eigenvalue weighted by Crippen LogP contribution is 2.22. The van der Waals surface area contributed by atoms with Gasteiger partial charge in [-0.2, -0.15) is 0 Å². The summed E-state index contributed by atoms with van der Waals surface area (Å²) in [5.74, 6) is -0.940. The Morgan fingerprint density at radius 2 is 1.65 bits per heavy atom. The van der Waals surface area contributed by atoms with Crippen LogP contribution in [0.15, 0.2) is 42.5 Å². The van der Waals surface area contributed by atoms with Crippen molar-refractivity contribution in [2.75, 3.05) is 5.32 Å². The summed E-state index contributed by atoms with van der Waals surface area (Å²) in [6, 6.07) is 10.9. The van der Waals surface area contributed by atoms with E-state index in [4.69, 9.17) is 0 Å². The van der Waals surface area contributed by atoms with E-state index in [-0.39, 0.29) is 0 Å². The number of anilines is 1. The maximum atomic E-state index is 12.8. The van der Waals surface area contributed by atoms with Gasteiger partial charge in [-0.15, -0.1) is 0 Å². The lowest BCUT2D eigenvalue weighted by Gasteiger charge is -2.15. The zero-order valence-electron chi connectivity index (χ0n) is 11.4. The lowest BCUT2D eigenvalue weighted by molar-refractivity contribution is -0.124. The Morgan fingerprint density at radius 1 is 1.10 bits per heavy atom. The summed E-state index contributed by atoms with van der Waals surface area (Å²) in [5.41, 5.74) is 2.89. The standard InChI is InChI=1S/C16H16FNO2/c1-10-4-3-5-11(2)14(10)18-16(20)15(19)12-6-8-13(17)9-7-12/h3-9,15,19H,1-2H3,(H,18,20). The molecule has 0 spiro atoms. The van der Waals surface area contributed by atoms with Crippen molar-refractivity contribution in [3.8, 4) is 0 Å². The third-order valence-electron chi connectivity index (χ3n) is 3.16. The largest absolute Gasteiger partial charge is 0.378 e. The van der Waals surface area contributed by atoms with Crippen LogP contribution in [0.25, 0.3) is 0 Å². The van der Waals surface area contributed by atoms with E-state index in [9.17, 15) is 14.3 Å². The van der Waals surface area contributed by atoms with E-state index in [1.54, 1.807) is 0 Å². The summed E-state index contributed by atoms with van der Waals surface area (Å²) in [6.07, 6.45) is -1.32. The van der Waals surface area contributed by atoms with Crippen LogP contribution in [-0.2, 0) is 4.79 Å². The molecule has 0 heterocycles. The zero-order valence-corrected chi connectivity index (χ0v) is 11.4. The van der Waals surface area contributed by atoms with E-state index in [2.05, 4.69) is 5.32 Å². The molecule has 0 fully saturated rings. The average molecular weight is 273 g/mol. The number of carbonyl (C=O) groups excluding carboxylic acids is 1. The van der Waals surface area contributed by atoms with Crippen molar-refractivity contribution in [2.24, 2.45) is 0 Å². The highest BCUT2D eigenvalue weighted by Gasteiger charge is 2.18. The number of aliphatic hydroxyl groups excluding tert-OH is 1. The molecule has 1 atom stereocenters. The van der Waals surface area contributed by atoms with Crippen molar-refractivity contribution in [3.05, 3.63) is 65.0 Å². The number of rotatable bonds is 3. The van der Waals surface area contributed by atoms with Gasteiger partial charge in [0.15, 0.2) is 6.10 Å². The average Bonchev–Trinajstić information content (AvgIpc) is 2.43. The monoisotopic (exact) mass is 273 g/mol. The minimum atomic E-state index is -1.32. The van der Waals surface area contributed by atoms with Gasteiger partial charge in [-0.1, -0.05) is 30.3 Å². The van der Waals surface area contributed by atoms with Gasteiger partial charge in [0.1, 0.15) is 5.82 Å². The number of halogens is 1. The summed E-state index contributed by atoms with van der Waals surface area (Å²) in [6.45, 7) is 3.76. The lowest BCUT2D eigenvalue weighted by Crippen LogP contribution is -2.21. The third-order valence-corrected chi connectivity index (χ3v) is 3.16. The van der Waals surface area contributed by atoms with Crippen molar-refractivity contribution in [3.63, 3.8) is 0 Å². The Bertz CT molecular complexity index is 603. The Morgan fingerprint density at radius 3 is 2.20 bits per heavy atom. The number of carbonyl (C=O) groups is 1. The molecular weight excluding hydrogens is 257 g/mol. The normalized spacial score (nSPS) is 12.0. The van der Waals surface area contributed by atoms with E-state index in [1.807, 2.05) is 32.0 Å². The maximum Gasteiger partial charge on any atom is 0.257 e. The van der Waals surface area contributed by atoms with Crippen LogP contribution >= 0.6 is 0 Å². The molecule has 0 aliphatic heterocycles. The first-order chi connectivity index (χ1) is 9.49. The molecule has 1 unspecified atom stereocenters. The number of hydrogen-bond acceptors (Lipinski definition) is 2. The van der Waals surface area contributed by atoms with Crippen LogP contribution in [0.2, 0.25) is 0 Å². The minimum Gasteiger partial charge on any atom is -0.378 e. The van der Waals surface area contributed by atoms with E-state index in [0.717, 1.165) is 11.1 Å². The molecule has 2 aromatic carbocycles. The van der Waals surface area contributed by atoms with Crippen LogP contribution in [0.4, 0.5) is 10.1 Å². The maximum absolute atomic E-state index is 12.8. The predicted octanol–water partition coefficient (Wildman–Crippen LogP) is 3.11. The molecular formula is C16H16FNO2. The first-order valence-electron chi connectivity index (χ1n) is 6.29. The number of aliphatic hydroxyl groups is 1. The molecule has 0 aliphatic rings. The van der Waals surface area contributed by atoms with Crippen molar-refractivity contribution in [1.29, 1.82) is 0 Å². The van der Waals surface area contributed by atoms with Gasteiger partial charge in [0.05, 0.1) is 0 Å². The molecule has 0 aliphatic carbocycles. The van der Waals surface area contributed by atoms with Crippen LogP contribution in [-0.4, -0.2) is 11.0 Å². The van der Waals surface area contributed by atoms with Crippen molar-refractivity contribution in [2.45, 2.75) is 20.0 Å². The lowest BCUT2D eigenvalue weighted by atomic mass is 10.1. The van der Waals surface area contributed by atoms with Crippen molar-refractivity contribution >= 4 is 11.6 Å². The molecule has 0 aromatic heterocycles. The van der Waals surface area contributed by atoms with Crippen molar-refractivity contribution < 1.29 is 14.3 Å². The van der Waals surface area contributed by atoms with E-state index >= 15 is 0 Å². The number of nitrogens with one attached hydrogen (secondary N) is 1. The second-order valence-electron chi connectivity index (χ2n) is 4.71. The molecule has 0 saturated heterocycles. The summed E-state index contributed by atoms with van der Waals surface area (Å²) in [7, 11) is 0. The van der Waals surface area contributed by atoms with Gasteiger partial charge in [-0.05, 0) is 42.7 Å². The number of aryl methyl sites for hydroxylation is 2. The molecule has 2 rings (SSSR count). The van der Waals surface area contributed by atoms with E-state index in [0.29, 0.717) is 11.3 Å². The number of benzene rings is 2. The second-order valence-corrected chi connectivity index (χ2v) is 4.71. The second kappa shape index (κ2) is 5.84. The molecule has 104 valence electrons. The molecule has 0 saturated carbocycles. The Labute approximate surface area is 117 Å². The fraction of sp³-hybridized carbons (Fsp3) is 0.188. The topological polar surface area (TPSA) is 49.3 Å². The van der Waals surface area contributed by atoms with Gasteiger partial charge in [0, 0.05) is 5.69 Å². The fourth-order valence-corrected chi connectivity index (χ4v) is 2.00. The Kier molecular flexibility index (Phi) is 4.15. The SMILES string of the molecule is Cc1cccc(C)c1NC(=O)C(O)c1ccc(F)cc1. The quantitative estimate of drug-likeness (QED) is 0.902. The molecule has 3 nitrogen and oxygen atoms in total. The number of para-hydroxylation sites is 1. The van der Waals surface area contributed by atoms with Gasteiger partial charge in [0.2, 0.25) is 0 Å². The van der Waals surface area contributed by atoms with Crippen LogP contribution in [0.1, 0.15) is 22.8 Å². The molecule has 1 amide bonds. The minimum absolute atomic E-state index is 0.357. The molecule has 0 bridgehead atoms. The van der Waals surface area contributed by atoms with Gasteiger partial charge < -0.3 is 10.4 Å². The number of amides is 1. The van der Waals surface area contributed by atoms with Gasteiger partial charge >= 0.3 is 0 Å². The van der Waals surface area contributed by atoms with Crippen LogP contribution in [0.3, 0.4) is 0 Å². The Hall–Kier alpha value is -2.20. The summed E-state index contributed by atoms with van der Waals surface area (Å²) in [4.78, 5) is 12.0. The van der Waals surface area contributed by atoms with Crippen LogP contribution in [0, 0.1) is 19.7 Å². The summed E-state index contributed by atoms with van der Waals surface area (Å²) < 4.78 is 12.8. The zero-order chi connectivity index (χ0) is 14.7. The smallest absolute Gasteiger partial charge is 0.257 e. The predicted molar refractivity (Wildman–Crippen MR) is 75.9 cm³/mol. The molecule has 20 heavy (non-hydrogen) atoms. The van der Waals surface area contributed by atoms with E-state index < -0.39 is 17.8 Å². The summed E-state index contributed by atoms with van der Waals surface area (Å²) >= 11 is 0. The fourth-order valence-electron chi connectivity index (χ4n) is 2.00. The first kappa shape index (κ1) is 14.2. The van der Waals surface area contributed by atoms with Crippen molar-refractivity contribution in [1.82, 2.24) is 0 Å². The highest BCUT2D eigenvalue weighted by molar-refractivity contribution is 5.95.